The molecule has 0 spiro atoms. The number of carbonyl (C=O) groups is 1. The Balaban J connectivity index is 2.16. The average molecular weight is 300 g/mol. The van der Waals surface area contributed by atoms with Crippen molar-refractivity contribution < 1.29 is 14.3 Å². The lowest BCUT2D eigenvalue weighted by Crippen LogP contribution is -2.43. The van der Waals surface area contributed by atoms with Gasteiger partial charge in [-0.15, -0.1) is 0 Å². The molecule has 0 aromatic heterocycles. The fraction of sp³-hybridized carbons (Fsp3) is 0.417. The van der Waals surface area contributed by atoms with Crippen molar-refractivity contribution in [2.24, 2.45) is 0 Å². The van der Waals surface area contributed by atoms with Gasteiger partial charge < -0.3 is 14.8 Å². The predicted octanol–water partition coefficient (Wildman–Crippen LogP) is 1.63. The van der Waals surface area contributed by atoms with E-state index in [4.69, 9.17) is 9.47 Å². The Morgan fingerprint density at radius 2 is 2.41 bits per heavy atom. The molecular formula is C12H14BrNO3. The van der Waals surface area contributed by atoms with Crippen molar-refractivity contribution in [3.63, 3.8) is 0 Å². The van der Waals surface area contributed by atoms with Gasteiger partial charge in [0.1, 0.15) is 11.9 Å². The second-order valence-corrected chi connectivity index (χ2v) is 4.63. The van der Waals surface area contributed by atoms with Crippen molar-refractivity contribution in [1.82, 2.24) is 5.32 Å². The molecule has 1 aliphatic rings. The molecule has 1 fully saturated rings. The first-order chi connectivity index (χ1) is 8.22. The quantitative estimate of drug-likeness (QED) is 0.862. The third kappa shape index (κ3) is 2.86. The minimum absolute atomic E-state index is 0.000512. The SMILES string of the molecule is COc1ccc(C(=O)C2CNCCO2)cc1Br. The van der Waals surface area contributed by atoms with Gasteiger partial charge in [0.2, 0.25) is 0 Å². The van der Waals surface area contributed by atoms with Crippen LogP contribution in [-0.4, -0.2) is 38.7 Å². The lowest BCUT2D eigenvalue weighted by atomic mass is 10.1. The fourth-order valence-electron chi connectivity index (χ4n) is 1.74. The molecule has 1 atom stereocenters. The van der Waals surface area contributed by atoms with Crippen LogP contribution in [0.3, 0.4) is 0 Å². The van der Waals surface area contributed by atoms with Crippen LogP contribution in [0.15, 0.2) is 22.7 Å². The zero-order valence-electron chi connectivity index (χ0n) is 9.53. The van der Waals surface area contributed by atoms with Gasteiger partial charge >= 0.3 is 0 Å². The van der Waals surface area contributed by atoms with Crippen LogP contribution in [0.5, 0.6) is 5.75 Å². The molecule has 1 aliphatic heterocycles. The zero-order chi connectivity index (χ0) is 12.3. The number of carbonyl (C=O) groups excluding carboxylic acids is 1. The summed E-state index contributed by atoms with van der Waals surface area (Å²) in [4.78, 5) is 12.1. The van der Waals surface area contributed by atoms with Crippen LogP contribution in [0, 0.1) is 0 Å². The molecular weight excluding hydrogens is 286 g/mol. The molecule has 4 nitrogen and oxygen atoms in total. The summed E-state index contributed by atoms with van der Waals surface area (Å²) >= 11 is 3.37. The highest BCUT2D eigenvalue weighted by Crippen LogP contribution is 2.26. The molecule has 1 aromatic carbocycles. The number of ether oxygens (including phenoxy) is 2. The van der Waals surface area contributed by atoms with Crippen LogP contribution in [0.2, 0.25) is 0 Å². The topological polar surface area (TPSA) is 47.6 Å². The molecule has 1 unspecified atom stereocenters. The van der Waals surface area contributed by atoms with E-state index in [0.29, 0.717) is 24.5 Å². The van der Waals surface area contributed by atoms with Crippen LogP contribution in [0.4, 0.5) is 0 Å². The summed E-state index contributed by atoms with van der Waals surface area (Å²) in [7, 11) is 1.59. The minimum atomic E-state index is -0.385. The van der Waals surface area contributed by atoms with E-state index in [1.165, 1.54) is 0 Å². The Morgan fingerprint density at radius 3 is 3.00 bits per heavy atom. The summed E-state index contributed by atoms with van der Waals surface area (Å²) in [5.41, 5.74) is 0.631. The molecule has 1 N–H and O–H groups in total. The van der Waals surface area contributed by atoms with Crippen LogP contribution >= 0.6 is 15.9 Å². The van der Waals surface area contributed by atoms with E-state index in [9.17, 15) is 4.79 Å². The lowest BCUT2D eigenvalue weighted by Gasteiger charge is -2.22. The van der Waals surface area contributed by atoms with Crippen LogP contribution in [0.25, 0.3) is 0 Å². The van der Waals surface area contributed by atoms with E-state index in [1.54, 1.807) is 25.3 Å². The molecule has 0 saturated carbocycles. The number of morpholine rings is 1. The second kappa shape index (κ2) is 5.62. The Bertz CT molecular complexity index is 416. The van der Waals surface area contributed by atoms with Gasteiger partial charge in [-0.1, -0.05) is 0 Å². The van der Waals surface area contributed by atoms with Crippen molar-refractivity contribution in [3.05, 3.63) is 28.2 Å². The normalized spacial score (nSPS) is 20.0. The van der Waals surface area contributed by atoms with Gasteiger partial charge in [0.05, 0.1) is 18.2 Å². The van der Waals surface area contributed by atoms with Crippen molar-refractivity contribution >= 4 is 21.7 Å². The summed E-state index contributed by atoms with van der Waals surface area (Å²) in [5.74, 6) is 0.713. The van der Waals surface area contributed by atoms with E-state index >= 15 is 0 Å². The average Bonchev–Trinajstić information content (AvgIpc) is 2.39. The molecule has 17 heavy (non-hydrogen) atoms. The summed E-state index contributed by atoms with van der Waals surface area (Å²) in [6.07, 6.45) is -0.385. The Morgan fingerprint density at radius 1 is 1.59 bits per heavy atom. The highest BCUT2D eigenvalue weighted by molar-refractivity contribution is 9.10. The van der Waals surface area contributed by atoms with E-state index in [1.807, 2.05) is 0 Å². The first-order valence-corrected chi connectivity index (χ1v) is 6.21. The number of Topliss-reactive ketones (excluding diaryl/α,β-unsaturated/α-hetero) is 1. The number of methoxy groups -OCH3 is 1. The van der Waals surface area contributed by atoms with Crippen molar-refractivity contribution in [1.29, 1.82) is 0 Å². The maximum atomic E-state index is 12.1. The molecule has 0 amide bonds. The highest BCUT2D eigenvalue weighted by Gasteiger charge is 2.23. The molecule has 92 valence electrons. The summed E-state index contributed by atoms with van der Waals surface area (Å²) < 4.78 is 11.3. The van der Waals surface area contributed by atoms with E-state index in [2.05, 4.69) is 21.2 Å². The predicted molar refractivity (Wildman–Crippen MR) is 67.6 cm³/mol. The Labute approximate surface area is 108 Å². The van der Waals surface area contributed by atoms with Gasteiger partial charge in [0, 0.05) is 18.7 Å². The lowest BCUT2D eigenvalue weighted by molar-refractivity contribution is 0.0269. The molecule has 0 aliphatic carbocycles. The number of ketones is 1. The summed E-state index contributed by atoms with van der Waals surface area (Å²) in [5, 5.41) is 3.14. The highest BCUT2D eigenvalue weighted by atomic mass is 79.9. The van der Waals surface area contributed by atoms with Gasteiger partial charge in [-0.05, 0) is 34.1 Å². The van der Waals surface area contributed by atoms with Crippen LogP contribution in [-0.2, 0) is 4.74 Å². The van der Waals surface area contributed by atoms with E-state index in [0.717, 1.165) is 11.0 Å². The maximum Gasteiger partial charge on any atom is 0.192 e. The van der Waals surface area contributed by atoms with E-state index in [-0.39, 0.29) is 11.9 Å². The van der Waals surface area contributed by atoms with Gasteiger partial charge in [-0.2, -0.15) is 0 Å². The van der Waals surface area contributed by atoms with Crippen molar-refractivity contribution in [3.8, 4) is 5.75 Å². The number of hydrogen-bond acceptors (Lipinski definition) is 4. The summed E-state index contributed by atoms with van der Waals surface area (Å²) in [6.45, 7) is 1.95. The fourth-order valence-corrected chi connectivity index (χ4v) is 2.28. The second-order valence-electron chi connectivity index (χ2n) is 3.78. The van der Waals surface area contributed by atoms with Gasteiger partial charge in [-0.25, -0.2) is 0 Å². The van der Waals surface area contributed by atoms with Crippen LogP contribution < -0.4 is 10.1 Å². The van der Waals surface area contributed by atoms with Crippen LogP contribution in [0.1, 0.15) is 10.4 Å². The third-order valence-corrected chi connectivity index (χ3v) is 3.28. The third-order valence-electron chi connectivity index (χ3n) is 2.66. The molecule has 1 aromatic rings. The maximum absolute atomic E-state index is 12.1. The van der Waals surface area contributed by atoms with Crippen molar-refractivity contribution in [2.75, 3.05) is 26.8 Å². The number of nitrogens with one attached hydrogen (secondary N) is 1. The zero-order valence-corrected chi connectivity index (χ0v) is 11.1. The largest absolute Gasteiger partial charge is 0.496 e. The molecule has 1 heterocycles. The first kappa shape index (κ1) is 12.5. The number of hydrogen-bond donors (Lipinski definition) is 1. The summed E-state index contributed by atoms with van der Waals surface area (Å²) in [6, 6.07) is 5.29. The Hall–Kier alpha value is -0.910. The first-order valence-electron chi connectivity index (χ1n) is 5.42. The molecule has 1 saturated heterocycles. The monoisotopic (exact) mass is 299 g/mol. The van der Waals surface area contributed by atoms with Gasteiger partial charge in [0.25, 0.3) is 0 Å². The van der Waals surface area contributed by atoms with Gasteiger partial charge in [0.15, 0.2) is 5.78 Å². The number of halogens is 1. The van der Waals surface area contributed by atoms with Gasteiger partial charge in [-0.3, -0.25) is 4.79 Å². The number of benzene rings is 1. The molecule has 0 radical (unpaired) electrons. The smallest absolute Gasteiger partial charge is 0.192 e. The molecule has 2 rings (SSSR count). The van der Waals surface area contributed by atoms with Crippen molar-refractivity contribution in [2.45, 2.75) is 6.10 Å². The molecule has 0 bridgehead atoms. The van der Waals surface area contributed by atoms with E-state index < -0.39 is 0 Å². The standard InChI is InChI=1S/C12H14BrNO3/c1-16-10-3-2-8(6-9(10)13)12(15)11-7-14-4-5-17-11/h2-3,6,11,14H,4-5,7H2,1H3. The Kier molecular flexibility index (Phi) is 4.15. The minimum Gasteiger partial charge on any atom is -0.496 e. The molecule has 5 heteroatoms. The number of rotatable bonds is 3.